The summed E-state index contributed by atoms with van der Waals surface area (Å²) >= 11 is 0. The summed E-state index contributed by atoms with van der Waals surface area (Å²) < 4.78 is 0.0547. The Morgan fingerprint density at radius 3 is 1.30 bits per heavy atom. The predicted octanol–water partition coefficient (Wildman–Crippen LogP) is 10.9. The standard InChI is InChI=1S/C41H79N2O3/c1-4-6-8-10-12-14-16-18-20-22-24-26-28-30-32-34-39(44)40(45)38-43(3,37-36-42)41(46)35-33-31-29-27-25-23-21-19-17-15-13-11-9-7-5-2/h18-21,40,45H,4-17,22-38,42H2,1-3H3/q+1. The molecule has 3 N–H and O–H groups in total. The second-order valence-corrected chi connectivity index (χ2v) is 14.1. The van der Waals surface area contributed by atoms with Crippen LogP contribution in [0.1, 0.15) is 194 Å². The second kappa shape index (κ2) is 33.6. The van der Waals surface area contributed by atoms with Crippen molar-refractivity contribution < 1.29 is 19.2 Å². The van der Waals surface area contributed by atoms with Gasteiger partial charge in [-0.25, -0.2) is 4.79 Å². The maximum absolute atomic E-state index is 13.1. The van der Waals surface area contributed by atoms with Crippen LogP contribution in [0.2, 0.25) is 0 Å². The summed E-state index contributed by atoms with van der Waals surface area (Å²) in [5.41, 5.74) is 5.84. The Kier molecular flexibility index (Phi) is 32.6. The van der Waals surface area contributed by atoms with Crippen LogP contribution in [0.15, 0.2) is 24.3 Å². The lowest BCUT2D eigenvalue weighted by Gasteiger charge is -2.33. The topological polar surface area (TPSA) is 80.4 Å². The van der Waals surface area contributed by atoms with Crippen molar-refractivity contribution in [1.29, 1.82) is 0 Å². The Morgan fingerprint density at radius 2 is 0.913 bits per heavy atom. The van der Waals surface area contributed by atoms with Crippen LogP contribution in [0.3, 0.4) is 0 Å². The number of hydrogen-bond donors (Lipinski definition) is 2. The minimum absolute atomic E-state index is 0.0547. The van der Waals surface area contributed by atoms with Crippen molar-refractivity contribution >= 4 is 11.7 Å². The summed E-state index contributed by atoms with van der Waals surface area (Å²) in [5.74, 6) is -0.0382. The Labute approximate surface area is 286 Å². The highest BCUT2D eigenvalue weighted by molar-refractivity contribution is 5.83. The van der Waals surface area contributed by atoms with Gasteiger partial charge < -0.3 is 10.8 Å². The first-order valence-corrected chi connectivity index (χ1v) is 20.0. The molecule has 0 aromatic carbocycles. The van der Waals surface area contributed by atoms with Crippen LogP contribution in [0.25, 0.3) is 0 Å². The van der Waals surface area contributed by atoms with Crippen molar-refractivity contribution in [2.45, 2.75) is 200 Å². The summed E-state index contributed by atoms with van der Waals surface area (Å²) in [6.07, 6.45) is 41.0. The first-order valence-electron chi connectivity index (χ1n) is 20.0. The smallest absolute Gasteiger partial charge is 0.313 e. The van der Waals surface area contributed by atoms with Crippen molar-refractivity contribution in [3.63, 3.8) is 0 Å². The fourth-order valence-electron chi connectivity index (χ4n) is 6.24. The fraction of sp³-hybridized carbons (Fsp3) is 0.854. The number of aliphatic hydroxyl groups excluding tert-OH is 1. The SMILES string of the molecule is CCCCCCCCC=CCCCCCCCC(=O)C(O)C[N+](C)(CCN)C(=O)CCCCCCCC=CCCCCCCCC. The third-order valence-electron chi connectivity index (χ3n) is 9.51. The highest BCUT2D eigenvalue weighted by Crippen LogP contribution is 2.16. The summed E-state index contributed by atoms with van der Waals surface area (Å²) in [4.78, 5) is 25.8. The summed E-state index contributed by atoms with van der Waals surface area (Å²) in [5, 5.41) is 10.7. The molecule has 0 spiro atoms. The van der Waals surface area contributed by atoms with Gasteiger partial charge in [-0.15, -0.1) is 0 Å². The molecule has 0 aromatic heterocycles. The average molecular weight is 648 g/mol. The monoisotopic (exact) mass is 648 g/mol. The number of carbonyl (C=O) groups is 2. The van der Waals surface area contributed by atoms with E-state index in [1.54, 1.807) is 0 Å². The number of carbonyl (C=O) groups excluding carboxylic acids is 2. The normalized spacial score (nSPS) is 13.9. The van der Waals surface area contributed by atoms with Crippen LogP contribution >= 0.6 is 0 Å². The number of allylic oxidation sites excluding steroid dienone is 4. The van der Waals surface area contributed by atoms with Gasteiger partial charge in [0.25, 0.3) is 0 Å². The molecule has 2 unspecified atom stereocenters. The zero-order valence-electron chi connectivity index (χ0n) is 31.1. The van der Waals surface area contributed by atoms with E-state index in [1.807, 2.05) is 7.05 Å². The number of hydrogen-bond acceptors (Lipinski definition) is 4. The molecule has 0 fully saturated rings. The van der Waals surface area contributed by atoms with E-state index in [0.29, 0.717) is 25.9 Å². The summed E-state index contributed by atoms with van der Waals surface area (Å²) in [6.45, 7) is 5.49. The molecule has 2 atom stereocenters. The van der Waals surface area contributed by atoms with Gasteiger partial charge in [0.05, 0.1) is 20.0 Å². The molecule has 0 radical (unpaired) electrons. The van der Waals surface area contributed by atoms with E-state index >= 15 is 0 Å². The van der Waals surface area contributed by atoms with Gasteiger partial charge in [0, 0.05) is 13.0 Å². The number of likely N-dealkylation sites (N-methyl/N-ethyl adjacent to an activating group) is 1. The number of amides is 1. The number of aliphatic hydroxyl groups is 1. The third-order valence-corrected chi connectivity index (χ3v) is 9.51. The van der Waals surface area contributed by atoms with E-state index in [9.17, 15) is 14.7 Å². The van der Waals surface area contributed by atoms with E-state index in [1.165, 1.54) is 116 Å². The van der Waals surface area contributed by atoms with E-state index in [-0.39, 0.29) is 22.7 Å². The second-order valence-electron chi connectivity index (χ2n) is 14.1. The molecule has 0 aliphatic carbocycles. The molecule has 1 amide bonds. The number of ketones is 1. The maximum atomic E-state index is 13.1. The Morgan fingerprint density at radius 1 is 0.565 bits per heavy atom. The van der Waals surface area contributed by atoms with Crippen LogP contribution in [-0.2, 0) is 9.59 Å². The van der Waals surface area contributed by atoms with Crippen LogP contribution in [0, 0.1) is 0 Å². The molecular weight excluding hydrogens is 568 g/mol. The molecule has 270 valence electrons. The Hall–Kier alpha value is -1.30. The molecule has 0 rings (SSSR count). The van der Waals surface area contributed by atoms with Crippen LogP contribution in [-0.4, -0.2) is 54.1 Å². The first kappa shape index (κ1) is 44.7. The highest BCUT2D eigenvalue weighted by atomic mass is 16.3. The summed E-state index contributed by atoms with van der Waals surface area (Å²) in [6, 6.07) is 0. The fourth-order valence-corrected chi connectivity index (χ4v) is 6.24. The highest BCUT2D eigenvalue weighted by Gasteiger charge is 2.35. The number of Topliss-reactive ketones (excluding diaryl/α,β-unsaturated/α-hetero) is 1. The number of nitrogens with zero attached hydrogens (tertiary/aromatic N) is 1. The van der Waals surface area contributed by atoms with Crippen molar-refractivity contribution in [2.75, 3.05) is 26.7 Å². The van der Waals surface area contributed by atoms with E-state index in [4.69, 9.17) is 5.73 Å². The van der Waals surface area contributed by atoms with Crippen molar-refractivity contribution in [1.82, 2.24) is 0 Å². The predicted molar refractivity (Wildman–Crippen MR) is 200 cm³/mol. The zero-order chi connectivity index (χ0) is 34.0. The Bertz CT molecular complexity index is 750. The van der Waals surface area contributed by atoms with Crippen LogP contribution in [0.4, 0.5) is 0 Å². The van der Waals surface area contributed by atoms with Crippen LogP contribution in [0.5, 0.6) is 0 Å². The largest absolute Gasteiger partial charge is 0.380 e. The molecule has 0 bridgehead atoms. The van der Waals surface area contributed by atoms with Crippen molar-refractivity contribution in [3.8, 4) is 0 Å². The van der Waals surface area contributed by atoms with Gasteiger partial charge in [-0.1, -0.05) is 141 Å². The quantitative estimate of drug-likeness (QED) is 0.0407. The number of unbranched alkanes of at least 4 members (excludes halogenated alkanes) is 22. The van der Waals surface area contributed by atoms with Gasteiger partial charge in [0.1, 0.15) is 6.54 Å². The number of quaternary nitrogens is 1. The van der Waals surface area contributed by atoms with Gasteiger partial charge in [-0.3, -0.25) is 9.28 Å². The van der Waals surface area contributed by atoms with Gasteiger partial charge in [0.15, 0.2) is 11.9 Å². The minimum atomic E-state index is -1.09. The summed E-state index contributed by atoms with van der Waals surface area (Å²) in [7, 11) is 1.84. The molecule has 0 saturated heterocycles. The number of nitrogens with two attached hydrogens (primary N) is 1. The van der Waals surface area contributed by atoms with Gasteiger partial charge >= 0.3 is 5.91 Å². The average Bonchev–Trinajstić information content (AvgIpc) is 3.04. The van der Waals surface area contributed by atoms with E-state index in [2.05, 4.69) is 38.2 Å². The molecular formula is C41H79N2O3+. The van der Waals surface area contributed by atoms with Crippen molar-refractivity contribution in [2.24, 2.45) is 5.73 Å². The lowest BCUT2D eigenvalue weighted by molar-refractivity contribution is -0.835. The lowest BCUT2D eigenvalue weighted by Crippen LogP contribution is -2.56. The zero-order valence-corrected chi connectivity index (χ0v) is 31.1. The van der Waals surface area contributed by atoms with E-state index in [0.717, 1.165) is 51.4 Å². The van der Waals surface area contributed by atoms with Crippen molar-refractivity contribution in [3.05, 3.63) is 24.3 Å². The first-order chi connectivity index (χ1) is 22.4. The molecule has 0 aromatic rings. The molecule has 5 heteroatoms. The lowest BCUT2D eigenvalue weighted by atomic mass is 10.0. The Balaban J connectivity index is 3.97. The molecule has 46 heavy (non-hydrogen) atoms. The number of rotatable bonds is 35. The van der Waals surface area contributed by atoms with Gasteiger partial charge in [-0.05, 0) is 64.2 Å². The molecule has 0 aliphatic rings. The third kappa shape index (κ3) is 27.8. The van der Waals surface area contributed by atoms with Gasteiger partial charge in [0.2, 0.25) is 0 Å². The molecule has 5 nitrogen and oxygen atoms in total. The molecule has 0 saturated carbocycles. The molecule has 0 aliphatic heterocycles. The van der Waals surface area contributed by atoms with Gasteiger partial charge in [-0.2, -0.15) is 0 Å². The molecule has 0 heterocycles. The van der Waals surface area contributed by atoms with Crippen LogP contribution < -0.4 is 5.73 Å². The van der Waals surface area contributed by atoms with E-state index < -0.39 is 6.10 Å². The minimum Gasteiger partial charge on any atom is -0.380 e. The maximum Gasteiger partial charge on any atom is 0.313 e.